The zero-order valence-electron chi connectivity index (χ0n) is 12.2. The number of nitrogens with two attached hydrogens (primary N) is 1. The van der Waals surface area contributed by atoms with Gasteiger partial charge in [0.25, 0.3) is 0 Å². The molecule has 2 fully saturated rings. The van der Waals surface area contributed by atoms with E-state index in [1.54, 1.807) is 12.1 Å². The largest absolute Gasteiger partial charge is 0.494 e. The van der Waals surface area contributed by atoms with Gasteiger partial charge in [-0.25, -0.2) is 4.39 Å². The van der Waals surface area contributed by atoms with Crippen LogP contribution in [0.15, 0.2) is 24.3 Å². The summed E-state index contributed by atoms with van der Waals surface area (Å²) in [6, 6.07) is 7.40. The van der Waals surface area contributed by atoms with Gasteiger partial charge in [-0.2, -0.15) is 0 Å². The van der Waals surface area contributed by atoms with Crippen LogP contribution in [-0.4, -0.2) is 49.4 Å². The van der Waals surface area contributed by atoms with Crippen LogP contribution in [0.1, 0.15) is 19.3 Å². The molecule has 116 valence electrons. The van der Waals surface area contributed by atoms with Crippen molar-refractivity contribution in [3.05, 3.63) is 30.1 Å². The van der Waals surface area contributed by atoms with Gasteiger partial charge < -0.3 is 15.2 Å². The molecule has 0 unspecified atom stereocenters. The van der Waals surface area contributed by atoms with Crippen molar-refractivity contribution in [3.8, 4) is 5.75 Å². The molecule has 0 saturated carbocycles. The highest BCUT2D eigenvalue weighted by molar-refractivity contribution is 5.21. The summed E-state index contributed by atoms with van der Waals surface area (Å²) in [6.45, 7) is 3.24. The highest BCUT2D eigenvalue weighted by Gasteiger charge is 2.37. The Bertz CT molecular complexity index is 440. The molecule has 2 bridgehead atoms. The number of benzene rings is 1. The van der Waals surface area contributed by atoms with E-state index in [4.69, 9.17) is 15.2 Å². The molecule has 5 heteroatoms. The smallest absolute Gasteiger partial charge is 0.123 e. The Morgan fingerprint density at radius 3 is 2.52 bits per heavy atom. The van der Waals surface area contributed by atoms with Crippen LogP contribution in [0.3, 0.4) is 0 Å². The summed E-state index contributed by atoms with van der Waals surface area (Å²) in [5, 5.41) is 0. The number of ether oxygens (including phenoxy) is 2. The predicted molar refractivity (Wildman–Crippen MR) is 78.8 cm³/mol. The van der Waals surface area contributed by atoms with E-state index < -0.39 is 0 Å². The van der Waals surface area contributed by atoms with E-state index >= 15 is 0 Å². The molecular formula is C16H23FN2O2. The molecule has 2 N–H and O–H groups in total. The summed E-state index contributed by atoms with van der Waals surface area (Å²) in [5.74, 6) is 0.487. The lowest BCUT2D eigenvalue weighted by molar-refractivity contribution is -0.0786. The molecule has 1 aromatic rings. The molecular weight excluding hydrogens is 271 g/mol. The van der Waals surface area contributed by atoms with Gasteiger partial charge in [0, 0.05) is 24.7 Å². The summed E-state index contributed by atoms with van der Waals surface area (Å²) < 4.78 is 24.1. The van der Waals surface area contributed by atoms with Crippen molar-refractivity contribution in [2.45, 2.75) is 37.4 Å². The van der Waals surface area contributed by atoms with E-state index in [9.17, 15) is 4.39 Å². The van der Waals surface area contributed by atoms with Gasteiger partial charge in [0.2, 0.25) is 0 Å². The molecule has 21 heavy (non-hydrogen) atoms. The Hall–Kier alpha value is -1.17. The Morgan fingerprint density at radius 1 is 1.19 bits per heavy atom. The van der Waals surface area contributed by atoms with E-state index in [0.29, 0.717) is 24.7 Å². The molecule has 0 amide bonds. The zero-order chi connectivity index (χ0) is 14.7. The maximum Gasteiger partial charge on any atom is 0.123 e. The van der Waals surface area contributed by atoms with Crippen molar-refractivity contribution < 1.29 is 13.9 Å². The molecule has 0 spiro atoms. The second-order valence-electron chi connectivity index (χ2n) is 5.97. The number of halogens is 1. The highest BCUT2D eigenvalue weighted by Crippen LogP contribution is 2.26. The minimum atomic E-state index is -0.236. The van der Waals surface area contributed by atoms with E-state index in [1.165, 1.54) is 12.1 Å². The fourth-order valence-corrected chi connectivity index (χ4v) is 3.36. The summed E-state index contributed by atoms with van der Waals surface area (Å²) >= 11 is 0. The topological polar surface area (TPSA) is 47.7 Å². The molecule has 3 rings (SSSR count). The van der Waals surface area contributed by atoms with Crippen molar-refractivity contribution in [1.29, 1.82) is 0 Å². The van der Waals surface area contributed by atoms with Gasteiger partial charge >= 0.3 is 0 Å². The Morgan fingerprint density at radius 2 is 1.86 bits per heavy atom. The van der Waals surface area contributed by atoms with Crippen molar-refractivity contribution in [2.24, 2.45) is 5.73 Å². The number of morpholine rings is 1. The third-order valence-electron chi connectivity index (χ3n) is 4.35. The van der Waals surface area contributed by atoms with Crippen LogP contribution < -0.4 is 10.5 Å². The van der Waals surface area contributed by atoms with E-state index in [0.717, 1.165) is 44.8 Å². The van der Waals surface area contributed by atoms with Gasteiger partial charge in [0.05, 0.1) is 19.8 Å². The minimum Gasteiger partial charge on any atom is -0.494 e. The number of rotatable bonds is 5. The van der Waals surface area contributed by atoms with Gasteiger partial charge in [0.1, 0.15) is 11.6 Å². The maximum absolute atomic E-state index is 12.8. The molecule has 2 saturated heterocycles. The monoisotopic (exact) mass is 294 g/mol. The Balaban J connectivity index is 1.44. The van der Waals surface area contributed by atoms with Crippen LogP contribution >= 0.6 is 0 Å². The molecule has 1 aromatic carbocycles. The van der Waals surface area contributed by atoms with E-state index in [-0.39, 0.29) is 5.82 Å². The lowest BCUT2D eigenvalue weighted by Gasteiger charge is -2.47. The molecule has 0 aromatic heterocycles. The van der Waals surface area contributed by atoms with Crippen molar-refractivity contribution >= 4 is 0 Å². The maximum atomic E-state index is 12.8. The average Bonchev–Trinajstić information content (AvgIpc) is 2.46. The fourth-order valence-electron chi connectivity index (χ4n) is 3.36. The molecule has 3 atom stereocenters. The quantitative estimate of drug-likeness (QED) is 0.841. The molecule has 2 aliphatic rings. The molecule has 2 heterocycles. The Labute approximate surface area is 125 Å². The van der Waals surface area contributed by atoms with Gasteiger partial charge in [-0.15, -0.1) is 0 Å². The first-order chi connectivity index (χ1) is 10.2. The lowest BCUT2D eigenvalue weighted by Crippen LogP contribution is -2.59. The second kappa shape index (κ2) is 6.73. The molecule has 2 aliphatic heterocycles. The molecule has 4 nitrogen and oxygen atoms in total. The third-order valence-corrected chi connectivity index (χ3v) is 4.35. The average molecular weight is 294 g/mol. The number of hydrogen-bond acceptors (Lipinski definition) is 4. The van der Waals surface area contributed by atoms with E-state index in [1.807, 2.05) is 0 Å². The Kier molecular flexibility index (Phi) is 4.73. The first kappa shape index (κ1) is 14.8. The van der Waals surface area contributed by atoms with Crippen molar-refractivity contribution in [1.82, 2.24) is 4.90 Å². The van der Waals surface area contributed by atoms with E-state index in [2.05, 4.69) is 4.90 Å². The summed E-state index contributed by atoms with van der Waals surface area (Å²) in [6.07, 6.45) is 3.00. The molecule has 0 aliphatic carbocycles. The van der Waals surface area contributed by atoms with Crippen LogP contribution in [0.5, 0.6) is 5.75 Å². The van der Waals surface area contributed by atoms with Crippen LogP contribution in [0.4, 0.5) is 4.39 Å². The van der Waals surface area contributed by atoms with Gasteiger partial charge in [0.15, 0.2) is 0 Å². The first-order valence-corrected chi connectivity index (χ1v) is 7.70. The van der Waals surface area contributed by atoms with Crippen molar-refractivity contribution in [3.63, 3.8) is 0 Å². The second-order valence-corrected chi connectivity index (χ2v) is 5.97. The SMILES string of the molecule is N[C@H]1C[C@H]2COC[C@@H](C1)N2CCCOc1ccc(F)cc1. The van der Waals surface area contributed by atoms with Crippen LogP contribution in [-0.2, 0) is 4.74 Å². The predicted octanol–water partition coefficient (Wildman–Crippen LogP) is 1.79. The number of nitrogens with zero attached hydrogens (tertiary/aromatic N) is 1. The summed E-state index contributed by atoms with van der Waals surface area (Å²) in [4.78, 5) is 2.53. The van der Waals surface area contributed by atoms with Crippen LogP contribution in [0.25, 0.3) is 0 Å². The van der Waals surface area contributed by atoms with Crippen LogP contribution in [0.2, 0.25) is 0 Å². The number of fused-ring (bicyclic) bond motifs is 2. The van der Waals surface area contributed by atoms with Crippen LogP contribution in [0, 0.1) is 5.82 Å². The van der Waals surface area contributed by atoms with Gasteiger partial charge in [-0.05, 0) is 43.5 Å². The third kappa shape index (κ3) is 3.73. The normalized spacial score (nSPS) is 29.3. The highest BCUT2D eigenvalue weighted by atomic mass is 19.1. The first-order valence-electron chi connectivity index (χ1n) is 7.70. The van der Waals surface area contributed by atoms with Crippen molar-refractivity contribution in [2.75, 3.05) is 26.4 Å². The standard InChI is InChI=1S/C16H23FN2O2/c17-12-2-4-16(5-3-12)21-7-1-6-19-14-8-13(18)9-15(19)11-20-10-14/h2-5,13-15H,1,6-11,18H2/t13-,14-,15+. The number of hydrogen-bond donors (Lipinski definition) is 1. The number of piperidine rings is 1. The fraction of sp³-hybridized carbons (Fsp3) is 0.625. The van der Waals surface area contributed by atoms with Gasteiger partial charge in [-0.3, -0.25) is 4.90 Å². The summed E-state index contributed by atoms with van der Waals surface area (Å²) in [5.41, 5.74) is 6.09. The minimum absolute atomic E-state index is 0.236. The van der Waals surface area contributed by atoms with Gasteiger partial charge in [-0.1, -0.05) is 0 Å². The molecule has 0 radical (unpaired) electrons. The zero-order valence-corrected chi connectivity index (χ0v) is 12.2. The lowest BCUT2D eigenvalue weighted by atomic mass is 9.90. The summed E-state index contributed by atoms with van der Waals surface area (Å²) in [7, 11) is 0.